The third-order valence-corrected chi connectivity index (χ3v) is 7.18. The fraction of sp³-hybridized carbons (Fsp3) is 0.303. The Morgan fingerprint density at radius 2 is 1.67 bits per heavy atom. The Hall–Kier alpha value is -4.99. The van der Waals surface area contributed by atoms with E-state index in [4.69, 9.17) is 26.7 Å². The zero-order valence-corrected chi connectivity index (χ0v) is 24.8. The topological polar surface area (TPSA) is 156 Å². The second-order valence-corrected chi connectivity index (χ2v) is 11.0. The van der Waals surface area contributed by atoms with Crippen LogP contribution in [0.3, 0.4) is 0 Å². The summed E-state index contributed by atoms with van der Waals surface area (Å²) in [5.74, 6) is 1.82. The number of primary amides is 1. The molecule has 10 heteroatoms. The Kier molecular flexibility index (Phi) is 9.92. The van der Waals surface area contributed by atoms with Crippen LogP contribution in [0.5, 0.6) is 17.2 Å². The van der Waals surface area contributed by atoms with E-state index in [0.29, 0.717) is 57.6 Å². The first-order chi connectivity index (χ1) is 20.5. The van der Waals surface area contributed by atoms with Gasteiger partial charge in [-0.25, -0.2) is 0 Å². The third-order valence-electron chi connectivity index (χ3n) is 7.18. The van der Waals surface area contributed by atoms with Crippen molar-refractivity contribution in [3.63, 3.8) is 0 Å². The number of ether oxygens (including phenoxy) is 2. The van der Waals surface area contributed by atoms with Gasteiger partial charge in [0.1, 0.15) is 17.2 Å². The van der Waals surface area contributed by atoms with Gasteiger partial charge in [-0.15, -0.1) is 0 Å². The largest absolute Gasteiger partial charge is 0.497 e. The second-order valence-electron chi connectivity index (χ2n) is 11.0. The quantitative estimate of drug-likeness (QED) is 0.317. The van der Waals surface area contributed by atoms with Gasteiger partial charge in [-0.3, -0.25) is 14.4 Å². The zero-order chi connectivity index (χ0) is 31.1. The smallest absolute Gasteiger partial charge is 0.254 e. The maximum atomic E-state index is 12.4. The summed E-state index contributed by atoms with van der Waals surface area (Å²) < 4.78 is 12.6. The number of pyridine rings is 1. The van der Waals surface area contributed by atoms with Crippen LogP contribution in [0.2, 0.25) is 0 Å². The third kappa shape index (κ3) is 8.51. The van der Waals surface area contributed by atoms with Gasteiger partial charge < -0.3 is 36.1 Å². The van der Waals surface area contributed by atoms with Gasteiger partial charge in [0, 0.05) is 55.2 Å². The summed E-state index contributed by atoms with van der Waals surface area (Å²) in [4.78, 5) is 37.3. The molecule has 0 bridgehead atoms. The molecule has 1 aliphatic heterocycles. The molecule has 43 heavy (non-hydrogen) atoms. The molecule has 3 aromatic rings. The van der Waals surface area contributed by atoms with Crippen molar-refractivity contribution in [3.05, 3.63) is 106 Å². The van der Waals surface area contributed by atoms with E-state index in [-0.39, 0.29) is 13.5 Å². The molecule has 5 rings (SSSR count). The summed E-state index contributed by atoms with van der Waals surface area (Å²) in [5, 5.41) is 0. The number of methoxy groups -OCH3 is 1. The molecule has 2 amide bonds. The zero-order valence-electron chi connectivity index (χ0n) is 24.8. The van der Waals surface area contributed by atoms with Gasteiger partial charge in [0.25, 0.3) is 5.56 Å². The molecule has 6 N–H and O–H groups in total. The van der Waals surface area contributed by atoms with Crippen LogP contribution in [0.25, 0.3) is 5.70 Å². The molecule has 2 fully saturated rings. The summed E-state index contributed by atoms with van der Waals surface area (Å²) in [6.07, 6.45) is 8.37. The van der Waals surface area contributed by atoms with Crippen molar-refractivity contribution in [2.75, 3.05) is 13.7 Å². The molecule has 1 atom stereocenters. The van der Waals surface area contributed by atoms with Gasteiger partial charge in [0.2, 0.25) is 11.8 Å². The normalized spacial score (nSPS) is 16.9. The first kappa shape index (κ1) is 31.0. The van der Waals surface area contributed by atoms with E-state index in [1.54, 1.807) is 61.7 Å². The number of nitrogens with zero attached hydrogens (tertiary/aromatic N) is 2. The van der Waals surface area contributed by atoms with Crippen molar-refractivity contribution in [1.29, 1.82) is 0 Å². The molecule has 1 aromatic heterocycles. The minimum Gasteiger partial charge on any atom is -0.497 e. The summed E-state index contributed by atoms with van der Waals surface area (Å²) in [7, 11) is 1.50. The van der Waals surface area contributed by atoms with Crippen LogP contribution in [0.4, 0.5) is 0 Å². The fourth-order valence-corrected chi connectivity index (χ4v) is 4.68. The van der Waals surface area contributed by atoms with Crippen molar-refractivity contribution >= 4 is 17.5 Å². The number of carbonyl (C=O) groups is 2. The lowest BCUT2D eigenvalue weighted by atomic mass is 10.1. The van der Waals surface area contributed by atoms with Gasteiger partial charge in [0.15, 0.2) is 0 Å². The fourth-order valence-electron chi connectivity index (χ4n) is 4.68. The molecule has 2 heterocycles. The minimum absolute atomic E-state index is 0. The molecular weight excluding hydrogens is 546 g/mol. The van der Waals surface area contributed by atoms with Gasteiger partial charge in [-0.1, -0.05) is 13.0 Å². The molecule has 1 unspecified atom stereocenters. The highest BCUT2D eigenvalue weighted by Gasteiger charge is 2.37. The molecule has 1 saturated carbocycles. The Morgan fingerprint density at radius 1 is 0.977 bits per heavy atom. The number of hydrogen-bond acceptors (Lipinski definition) is 7. The van der Waals surface area contributed by atoms with Crippen LogP contribution in [0, 0.1) is 5.92 Å². The lowest BCUT2D eigenvalue weighted by Crippen LogP contribution is -2.27. The van der Waals surface area contributed by atoms with Crippen molar-refractivity contribution < 1.29 is 20.5 Å². The second kappa shape index (κ2) is 13.8. The maximum Gasteiger partial charge on any atom is 0.254 e. The number of amides is 2. The number of nitrogens with two attached hydrogens (primary N) is 3. The lowest BCUT2D eigenvalue weighted by molar-refractivity contribution is -0.128. The summed E-state index contributed by atoms with van der Waals surface area (Å²) in [6, 6.07) is 15.7. The van der Waals surface area contributed by atoms with Crippen LogP contribution in [-0.4, -0.2) is 41.0 Å². The van der Waals surface area contributed by atoms with E-state index < -0.39 is 5.91 Å². The van der Waals surface area contributed by atoms with Crippen LogP contribution in [-0.2, 0) is 11.3 Å². The summed E-state index contributed by atoms with van der Waals surface area (Å²) in [5.41, 5.74) is 19.9. The van der Waals surface area contributed by atoms with Gasteiger partial charge in [0.05, 0.1) is 13.7 Å². The van der Waals surface area contributed by atoms with Crippen LogP contribution < -0.4 is 32.2 Å². The van der Waals surface area contributed by atoms with Gasteiger partial charge >= 0.3 is 0 Å². The van der Waals surface area contributed by atoms with E-state index in [2.05, 4.69) is 11.8 Å². The highest BCUT2D eigenvalue weighted by molar-refractivity contribution is 5.93. The van der Waals surface area contributed by atoms with E-state index >= 15 is 0 Å². The SMILES string of the molecule is CC1CC(=O)N(C2CC2)C1.COc1ccn(Cc2ccc(C(N)=O)cc2Oc2ccc(/C(N)=C/C=C(/C)N)cc2)c(=O)c1.[HH]. The Labute approximate surface area is 252 Å². The van der Waals surface area contributed by atoms with E-state index in [0.717, 1.165) is 18.5 Å². The average molecular weight is 588 g/mol. The van der Waals surface area contributed by atoms with Gasteiger partial charge in [-0.2, -0.15) is 0 Å². The lowest BCUT2D eigenvalue weighted by Gasteiger charge is -2.14. The highest BCUT2D eigenvalue weighted by atomic mass is 16.5. The Morgan fingerprint density at radius 3 is 2.23 bits per heavy atom. The maximum absolute atomic E-state index is 12.4. The molecule has 0 spiro atoms. The molecule has 2 aromatic carbocycles. The predicted octanol–water partition coefficient (Wildman–Crippen LogP) is 4.22. The monoisotopic (exact) mass is 587 g/mol. The molecule has 1 saturated heterocycles. The molecule has 228 valence electrons. The molecule has 0 radical (unpaired) electrons. The molecule has 10 nitrogen and oxygen atoms in total. The number of benzene rings is 2. The molecular formula is C33H41N5O5. The average Bonchev–Trinajstić information content (AvgIpc) is 3.76. The number of aromatic nitrogens is 1. The van der Waals surface area contributed by atoms with E-state index in [1.807, 2.05) is 12.1 Å². The van der Waals surface area contributed by atoms with Crippen molar-refractivity contribution in [1.82, 2.24) is 9.47 Å². The highest BCUT2D eigenvalue weighted by Crippen LogP contribution is 2.32. The van der Waals surface area contributed by atoms with Gasteiger partial charge in [-0.05, 0) is 85.9 Å². The first-order valence-electron chi connectivity index (χ1n) is 14.2. The number of allylic oxidation sites excluding steroid dienone is 3. The Bertz CT molecular complexity index is 1590. The minimum atomic E-state index is -0.579. The summed E-state index contributed by atoms with van der Waals surface area (Å²) >= 11 is 0. The van der Waals surface area contributed by atoms with Crippen molar-refractivity contribution in [3.8, 4) is 17.2 Å². The number of likely N-dealkylation sites (tertiary alicyclic amines) is 1. The number of carbonyl (C=O) groups excluding carboxylic acids is 2. The Balaban J connectivity index is 0.000000403. The van der Waals surface area contributed by atoms with Crippen molar-refractivity contribution in [2.24, 2.45) is 23.1 Å². The van der Waals surface area contributed by atoms with Crippen LogP contribution in [0.15, 0.2) is 83.4 Å². The van der Waals surface area contributed by atoms with E-state index in [9.17, 15) is 14.4 Å². The van der Waals surface area contributed by atoms with Crippen LogP contribution in [0.1, 0.15) is 56.0 Å². The van der Waals surface area contributed by atoms with Crippen LogP contribution >= 0.6 is 0 Å². The predicted molar refractivity (Wildman–Crippen MR) is 169 cm³/mol. The first-order valence-corrected chi connectivity index (χ1v) is 14.2. The molecule has 1 aliphatic carbocycles. The summed E-state index contributed by atoms with van der Waals surface area (Å²) in [6.45, 7) is 5.18. The molecule has 2 aliphatic rings. The van der Waals surface area contributed by atoms with E-state index in [1.165, 1.54) is 30.6 Å². The van der Waals surface area contributed by atoms with Crippen molar-refractivity contribution in [2.45, 2.75) is 45.7 Å². The number of rotatable bonds is 9. The number of hydrogen-bond donors (Lipinski definition) is 3. The standard InChI is InChI=1S/C25H26N4O4.C8H13NO.H2/c1-16(26)3-10-22(27)17-6-8-20(9-7-17)33-23-13-18(25(28)31)4-5-19(23)15-29-12-11-21(32-2)14-24(29)30;1-6-4-8(10)9(5-6)7-2-3-7;/h3-14H,15,26-27H2,1-2H3,(H2,28,31);6-7H,2-5H2,1H3;1H/b16-3-,22-10-;;.